The van der Waals surface area contributed by atoms with Crippen LogP contribution in [-0.4, -0.2) is 16.4 Å². The van der Waals surface area contributed by atoms with E-state index in [9.17, 15) is 4.79 Å². The molecular weight excluding hydrogens is 333 g/mol. The molecule has 1 aromatic heterocycles. The number of carbonyl (C=O) groups is 1. The van der Waals surface area contributed by atoms with Crippen molar-refractivity contribution in [2.24, 2.45) is 5.73 Å². The number of pyridine rings is 1. The third-order valence-electron chi connectivity index (χ3n) is 4.29. The molecule has 2 aromatic rings. The van der Waals surface area contributed by atoms with E-state index < -0.39 is 0 Å². The van der Waals surface area contributed by atoms with Crippen molar-refractivity contribution in [3.63, 3.8) is 0 Å². The quantitative estimate of drug-likeness (QED) is 0.878. The van der Waals surface area contributed by atoms with E-state index >= 15 is 0 Å². The fraction of sp³-hybridized carbons (Fsp3) is 0.294. The molecule has 2 unspecified atom stereocenters. The van der Waals surface area contributed by atoms with Crippen LogP contribution in [0.2, 0.25) is 0 Å². The molecular formula is C17H21Cl2N3O. The number of amides is 1. The van der Waals surface area contributed by atoms with E-state index in [1.807, 2.05) is 12.1 Å². The van der Waals surface area contributed by atoms with Gasteiger partial charge in [-0.3, -0.25) is 9.78 Å². The number of halogens is 2. The molecule has 0 radical (unpaired) electrons. The van der Waals surface area contributed by atoms with Gasteiger partial charge in [0.1, 0.15) is 0 Å². The van der Waals surface area contributed by atoms with E-state index in [0.717, 1.165) is 18.5 Å². The van der Waals surface area contributed by atoms with E-state index in [0.29, 0.717) is 11.5 Å². The summed E-state index contributed by atoms with van der Waals surface area (Å²) in [6, 6.07) is 11.4. The first-order chi connectivity index (χ1) is 10.1. The van der Waals surface area contributed by atoms with Crippen LogP contribution in [0, 0.1) is 0 Å². The average Bonchev–Trinajstić information content (AvgIpc) is 3.21. The van der Waals surface area contributed by atoms with E-state index in [1.165, 1.54) is 5.56 Å². The maximum atomic E-state index is 12.0. The summed E-state index contributed by atoms with van der Waals surface area (Å²) in [5.74, 6) is 0.325. The van der Waals surface area contributed by atoms with Gasteiger partial charge in [0.2, 0.25) is 0 Å². The molecule has 3 rings (SSSR count). The number of hydrogen-bond donors (Lipinski definition) is 2. The van der Waals surface area contributed by atoms with E-state index in [4.69, 9.17) is 5.73 Å². The van der Waals surface area contributed by atoms with Crippen LogP contribution in [-0.2, 0) is 0 Å². The molecule has 1 saturated carbocycles. The molecule has 23 heavy (non-hydrogen) atoms. The van der Waals surface area contributed by atoms with Crippen molar-refractivity contribution in [3.8, 4) is 0 Å². The second-order valence-corrected chi connectivity index (χ2v) is 5.66. The molecule has 124 valence electrons. The Morgan fingerprint density at radius 3 is 2.35 bits per heavy atom. The van der Waals surface area contributed by atoms with Gasteiger partial charge in [0.05, 0.1) is 0 Å². The van der Waals surface area contributed by atoms with Gasteiger partial charge >= 0.3 is 0 Å². The molecule has 0 saturated heterocycles. The Bertz CT molecular complexity index is 649. The van der Waals surface area contributed by atoms with Crippen LogP contribution in [0.3, 0.4) is 0 Å². The zero-order valence-electron chi connectivity index (χ0n) is 12.9. The molecule has 1 heterocycles. The minimum atomic E-state index is -0.127. The second kappa shape index (κ2) is 7.77. The number of carbonyl (C=O) groups excluding carboxylic acids is 1. The Labute approximate surface area is 148 Å². The number of nitrogens with zero attached hydrogens (tertiary/aromatic N) is 1. The fourth-order valence-corrected chi connectivity index (χ4v) is 2.67. The second-order valence-electron chi connectivity index (χ2n) is 5.66. The van der Waals surface area contributed by atoms with Crippen molar-refractivity contribution >= 4 is 36.4 Å². The smallest absolute Gasteiger partial charge is 0.255 e. The zero-order valence-corrected chi connectivity index (χ0v) is 14.5. The highest BCUT2D eigenvalue weighted by Gasteiger charge is 2.49. The van der Waals surface area contributed by atoms with Crippen molar-refractivity contribution in [1.82, 2.24) is 4.98 Å². The van der Waals surface area contributed by atoms with Crippen LogP contribution in [0.25, 0.3) is 0 Å². The highest BCUT2D eigenvalue weighted by Crippen LogP contribution is 2.51. The largest absolute Gasteiger partial charge is 0.325 e. The summed E-state index contributed by atoms with van der Waals surface area (Å²) >= 11 is 0. The molecule has 6 heteroatoms. The first-order valence-electron chi connectivity index (χ1n) is 7.22. The summed E-state index contributed by atoms with van der Waals surface area (Å²) in [5.41, 5.74) is 8.86. The van der Waals surface area contributed by atoms with Crippen LogP contribution in [0.4, 0.5) is 5.69 Å². The van der Waals surface area contributed by atoms with Gasteiger partial charge in [-0.15, -0.1) is 24.8 Å². The van der Waals surface area contributed by atoms with Gasteiger partial charge in [0, 0.05) is 35.1 Å². The van der Waals surface area contributed by atoms with Gasteiger partial charge in [-0.1, -0.05) is 19.1 Å². The topological polar surface area (TPSA) is 68.0 Å². The number of rotatable bonds is 4. The van der Waals surface area contributed by atoms with E-state index in [2.05, 4.69) is 29.4 Å². The lowest BCUT2D eigenvalue weighted by molar-refractivity contribution is 0.102. The molecule has 3 N–H and O–H groups in total. The van der Waals surface area contributed by atoms with Crippen molar-refractivity contribution < 1.29 is 4.79 Å². The highest BCUT2D eigenvalue weighted by molar-refractivity contribution is 6.04. The Morgan fingerprint density at radius 1 is 1.22 bits per heavy atom. The van der Waals surface area contributed by atoms with E-state index in [-0.39, 0.29) is 36.3 Å². The third kappa shape index (κ3) is 4.22. The van der Waals surface area contributed by atoms with Gasteiger partial charge in [-0.05, 0) is 42.7 Å². The summed E-state index contributed by atoms with van der Waals surface area (Å²) in [6.07, 6.45) is 5.26. The van der Waals surface area contributed by atoms with E-state index in [1.54, 1.807) is 24.5 Å². The van der Waals surface area contributed by atoms with Crippen LogP contribution < -0.4 is 11.1 Å². The molecule has 1 fully saturated rings. The lowest BCUT2D eigenvalue weighted by atomic mass is 10.0. The van der Waals surface area contributed by atoms with Crippen molar-refractivity contribution in [1.29, 1.82) is 0 Å². The molecule has 1 aromatic carbocycles. The molecule has 1 amide bonds. The maximum Gasteiger partial charge on any atom is 0.255 e. The van der Waals surface area contributed by atoms with Gasteiger partial charge in [0.25, 0.3) is 5.91 Å². The third-order valence-corrected chi connectivity index (χ3v) is 4.29. The molecule has 0 spiro atoms. The van der Waals surface area contributed by atoms with Crippen LogP contribution >= 0.6 is 24.8 Å². The van der Waals surface area contributed by atoms with Gasteiger partial charge in [-0.25, -0.2) is 0 Å². The summed E-state index contributed by atoms with van der Waals surface area (Å²) in [5, 5.41) is 2.88. The molecule has 0 aliphatic heterocycles. The van der Waals surface area contributed by atoms with Crippen molar-refractivity contribution in [2.75, 3.05) is 5.32 Å². The monoisotopic (exact) mass is 353 g/mol. The van der Waals surface area contributed by atoms with Gasteiger partial charge in [0.15, 0.2) is 0 Å². The predicted molar refractivity (Wildman–Crippen MR) is 97.7 cm³/mol. The predicted octanol–water partition coefficient (Wildman–Crippen LogP) is 3.77. The minimum absolute atomic E-state index is 0. The van der Waals surface area contributed by atoms with Crippen molar-refractivity contribution in [3.05, 3.63) is 59.9 Å². The Balaban J connectivity index is 0.00000132. The fourth-order valence-electron chi connectivity index (χ4n) is 2.67. The minimum Gasteiger partial charge on any atom is -0.325 e. The summed E-state index contributed by atoms with van der Waals surface area (Å²) < 4.78 is 0. The SMILES string of the molecule is CCC1(N)CC1c1ccc(NC(=O)c2ccncc2)cc1.Cl.Cl. The Hall–Kier alpha value is -1.62. The standard InChI is InChI=1S/C17H19N3O.2ClH/c1-2-17(18)11-15(17)12-3-5-14(6-4-12)20-16(21)13-7-9-19-10-8-13;;/h3-10,15H,2,11,18H2,1H3,(H,20,21);2*1H. The number of nitrogens with two attached hydrogens (primary N) is 1. The molecule has 0 bridgehead atoms. The Kier molecular flexibility index (Phi) is 6.57. The van der Waals surface area contributed by atoms with Gasteiger partial charge in [-0.2, -0.15) is 0 Å². The normalized spacial score (nSPS) is 21.6. The van der Waals surface area contributed by atoms with Gasteiger partial charge < -0.3 is 11.1 Å². The average molecular weight is 354 g/mol. The first kappa shape index (κ1) is 19.4. The van der Waals surface area contributed by atoms with Crippen LogP contribution in [0.5, 0.6) is 0 Å². The van der Waals surface area contributed by atoms with Crippen LogP contribution in [0.15, 0.2) is 48.8 Å². The Morgan fingerprint density at radius 2 is 1.83 bits per heavy atom. The van der Waals surface area contributed by atoms with Crippen molar-refractivity contribution in [2.45, 2.75) is 31.2 Å². The maximum absolute atomic E-state index is 12.0. The number of nitrogens with one attached hydrogen (secondary N) is 1. The highest BCUT2D eigenvalue weighted by atomic mass is 35.5. The lowest BCUT2D eigenvalue weighted by Gasteiger charge is -2.09. The summed E-state index contributed by atoms with van der Waals surface area (Å²) in [6.45, 7) is 2.13. The van der Waals surface area contributed by atoms with Crippen LogP contribution in [0.1, 0.15) is 41.6 Å². The number of aromatic nitrogens is 1. The lowest BCUT2D eigenvalue weighted by Crippen LogP contribution is -2.22. The molecule has 1 aliphatic rings. The number of benzene rings is 1. The first-order valence-corrected chi connectivity index (χ1v) is 7.22. The molecule has 1 aliphatic carbocycles. The molecule has 4 nitrogen and oxygen atoms in total. The summed E-state index contributed by atoms with van der Waals surface area (Å²) in [4.78, 5) is 15.9. The number of hydrogen-bond acceptors (Lipinski definition) is 3. The number of anilines is 1. The summed E-state index contributed by atoms with van der Waals surface area (Å²) in [7, 11) is 0. The molecule has 2 atom stereocenters. The zero-order chi connectivity index (χ0) is 14.9.